The summed E-state index contributed by atoms with van der Waals surface area (Å²) in [6, 6.07) is 16.6. The number of amides is 1. The quantitative estimate of drug-likeness (QED) is 0.0805. The van der Waals surface area contributed by atoms with Crippen LogP contribution in [0, 0.1) is 0 Å². The van der Waals surface area contributed by atoms with Crippen LogP contribution in [-0.2, 0) is 66.3 Å². The fourth-order valence-electron chi connectivity index (χ4n) is 6.39. The summed E-state index contributed by atoms with van der Waals surface area (Å²) in [5.41, 5.74) is 4.80. The van der Waals surface area contributed by atoms with Crippen LogP contribution in [0.5, 0.6) is 0 Å². The SMILES string of the molecule is CCCCCCOCCOCCOCCOCCOCCOCCOCCOCCOCCOCCOCCOCCOCCCNC(=O)OCC1c2ccccc2-c2ccccc21. The third-order valence-electron chi connectivity index (χ3n) is 9.68. The number of ether oxygens (including phenoxy) is 14. The van der Waals surface area contributed by atoms with Gasteiger partial charge in [-0.3, -0.25) is 0 Å². The van der Waals surface area contributed by atoms with Gasteiger partial charge < -0.3 is 71.6 Å². The average molecular weight is 910 g/mol. The van der Waals surface area contributed by atoms with E-state index in [0.29, 0.717) is 185 Å². The van der Waals surface area contributed by atoms with Crippen molar-refractivity contribution in [3.8, 4) is 11.1 Å². The Morgan fingerprint density at radius 3 is 1.02 bits per heavy atom. The van der Waals surface area contributed by atoms with Crippen molar-refractivity contribution in [1.82, 2.24) is 5.32 Å². The normalized spacial score (nSPS) is 12.2. The maximum Gasteiger partial charge on any atom is 0.407 e. The lowest BCUT2D eigenvalue weighted by molar-refractivity contribution is -0.0290. The lowest BCUT2D eigenvalue weighted by Gasteiger charge is -2.14. The molecule has 0 aromatic heterocycles. The molecule has 2 aromatic rings. The summed E-state index contributed by atoms with van der Waals surface area (Å²) < 4.78 is 77.4. The van der Waals surface area contributed by atoms with E-state index in [1.54, 1.807) is 0 Å². The number of fused-ring (bicyclic) bond motifs is 3. The van der Waals surface area contributed by atoms with Crippen molar-refractivity contribution in [1.29, 1.82) is 0 Å². The average Bonchev–Trinajstić information content (AvgIpc) is 3.64. The molecule has 0 unspecified atom stereocenters. The summed E-state index contributed by atoms with van der Waals surface area (Å²) in [4.78, 5) is 12.3. The van der Waals surface area contributed by atoms with Crippen LogP contribution in [-0.4, -0.2) is 191 Å². The largest absolute Gasteiger partial charge is 0.449 e. The molecule has 366 valence electrons. The van der Waals surface area contributed by atoms with E-state index in [9.17, 15) is 4.79 Å². The molecule has 3 rings (SSSR count). The van der Waals surface area contributed by atoms with Crippen LogP contribution in [0.1, 0.15) is 56.1 Å². The summed E-state index contributed by atoms with van der Waals surface area (Å²) in [7, 11) is 0. The van der Waals surface area contributed by atoms with Crippen molar-refractivity contribution in [3.05, 3.63) is 59.7 Å². The third kappa shape index (κ3) is 29.0. The predicted molar refractivity (Wildman–Crippen MR) is 242 cm³/mol. The number of carbonyl (C=O) groups excluding carboxylic acids is 1. The van der Waals surface area contributed by atoms with E-state index in [4.69, 9.17) is 66.3 Å². The second kappa shape index (κ2) is 41.6. The van der Waals surface area contributed by atoms with Crippen molar-refractivity contribution in [2.45, 2.75) is 44.9 Å². The van der Waals surface area contributed by atoms with Gasteiger partial charge in [-0.05, 0) is 35.1 Å². The van der Waals surface area contributed by atoms with Crippen LogP contribution in [0.4, 0.5) is 4.79 Å². The fourth-order valence-corrected chi connectivity index (χ4v) is 6.39. The highest BCUT2D eigenvalue weighted by Crippen LogP contribution is 2.44. The van der Waals surface area contributed by atoms with Crippen LogP contribution in [0.2, 0.25) is 0 Å². The van der Waals surface area contributed by atoms with Gasteiger partial charge in [-0.2, -0.15) is 0 Å². The summed E-state index contributed by atoms with van der Waals surface area (Å²) in [5, 5.41) is 2.81. The summed E-state index contributed by atoms with van der Waals surface area (Å²) in [6.45, 7) is 16.6. The Hall–Kier alpha value is -2.81. The second-order valence-electron chi connectivity index (χ2n) is 14.6. The lowest BCUT2D eigenvalue weighted by Crippen LogP contribution is -2.27. The molecule has 0 fully saturated rings. The fraction of sp³-hybridized carbons (Fsp3) is 0.729. The zero-order valence-electron chi connectivity index (χ0n) is 38.7. The van der Waals surface area contributed by atoms with Crippen molar-refractivity contribution < 1.29 is 71.1 Å². The molecule has 1 aliphatic carbocycles. The number of nitrogens with one attached hydrogen (secondary N) is 1. The molecule has 16 nitrogen and oxygen atoms in total. The van der Waals surface area contributed by atoms with Gasteiger partial charge >= 0.3 is 6.09 Å². The molecule has 2 aromatic carbocycles. The van der Waals surface area contributed by atoms with Gasteiger partial charge in [0.2, 0.25) is 0 Å². The molecule has 0 aliphatic heterocycles. The molecule has 0 atom stereocenters. The van der Waals surface area contributed by atoms with Crippen LogP contribution in [0.15, 0.2) is 48.5 Å². The highest BCUT2D eigenvalue weighted by molar-refractivity contribution is 5.79. The van der Waals surface area contributed by atoms with Crippen molar-refractivity contribution >= 4 is 6.09 Å². The Labute approximate surface area is 382 Å². The van der Waals surface area contributed by atoms with E-state index < -0.39 is 6.09 Å². The molecule has 1 aliphatic rings. The molecule has 0 radical (unpaired) electrons. The van der Waals surface area contributed by atoms with E-state index in [1.165, 1.54) is 41.5 Å². The molecule has 0 saturated carbocycles. The minimum atomic E-state index is -0.416. The number of unbranched alkanes of at least 4 members (excludes halogenated alkanes) is 3. The summed E-state index contributed by atoms with van der Waals surface area (Å²) in [5.74, 6) is 0.0473. The number of carbonyl (C=O) groups is 1. The molecule has 1 N–H and O–H groups in total. The minimum absolute atomic E-state index is 0.0473. The Morgan fingerprint density at radius 1 is 0.391 bits per heavy atom. The maximum atomic E-state index is 12.3. The topological polar surface area (TPSA) is 158 Å². The number of benzene rings is 2. The predicted octanol–water partition coefficient (Wildman–Crippen LogP) is 5.71. The van der Waals surface area contributed by atoms with E-state index in [-0.39, 0.29) is 5.92 Å². The number of rotatable bonds is 47. The molecule has 16 heteroatoms. The van der Waals surface area contributed by atoms with E-state index in [1.807, 2.05) is 24.3 Å². The molecule has 0 bridgehead atoms. The maximum absolute atomic E-state index is 12.3. The molecule has 0 spiro atoms. The molecule has 64 heavy (non-hydrogen) atoms. The summed E-state index contributed by atoms with van der Waals surface area (Å²) >= 11 is 0. The van der Waals surface area contributed by atoms with Gasteiger partial charge in [0.25, 0.3) is 0 Å². The highest BCUT2D eigenvalue weighted by atomic mass is 16.6. The number of alkyl carbamates (subject to hydrolysis) is 1. The van der Waals surface area contributed by atoms with Crippen LogP contribution < -0.4 is 5.32 Å². The van der Waals surface area contributed by atoms with Crippen molar-refractivity contribution in [3.63, 3.8) is 0 Å². The first-order chi connectivity index (χ1) is 31.8. The number of hydrogen-bond donors (Lipinski definition) is 1. The Morgan fingerprint density at radius 2 is 0.688 bits per heavy atom. The van der Waals surface area contributed by atoms with Gasteiger partial charge in [0.1, 0.15) is 6.61 Å². The lowest BCUT2D eigenvalue weighted by atomic mass is 9.98. The molecular formula is C48H79NO15. The zero-order chi connectivity index (χ0) is 45.1. The van der Waals surface area contributed by atoms with E-state index in [2.05, 4.69) is 36.5 Å². The Kier molecular flexibility index (Phi) is 36.1. The zero-order valence-corrected chi connectivity index (χ0v) is 38.7. The Bertz CT molecular complexity index is 1310. The minimum Gasteiger partial charge on any atom is -0.449 e. The van der Waals surface area contributed by atoms with Gasteiger partial charge in [-0.25, -0.2) is 4.79 Å². The van der Waals surface area contributed by atoms with Crippen LogP contribution in [0.25, 0.3) is 11.1 Å². The van der Waals surface area contributed by atoms with Gasteiger partial charge in [0, 0.05) is 25.7 Å². The van der Waals surface area contributed by atoms with Gasteiger partial charge in [0.05, 0.1) is 159 Å². The molecule has 1 amide bonds. The third-order valence-corrected chi connectivity index (χ3v) is 9.68. The van der Waals surface area contributed by atoms with Crippen LogP contribution in [0.3, 0.4) is 0 Å². The standard InChI is InChI=1S/C48H79NO15/c1-2-3-4-9-16-51-18-20-53-22-24-55-26-28-57-30-32-59-34-36-61-38-40-63-41-39-62-37-35-60-33-31-58-29-27-56-25-23-54-21-19-52-17-10-15-49-48(50)64-42-47-45-13-7-5-11-43(45)44-12-6-8-14-46(44)47/h5-8,11-14,47H,2-4,9-10,15-42H2,1H3,(H,49,50). The van der Waals surface area contributed by atoms with E-state index in [0.717, 1.165) is 13.0 Å². The first-order valence-electron chi connectivity index (χ1n) is 23.4. The number of hydrogen-bond acceptors (Lipinski definition) is 15. The first-order valence-corrected chi connectivity index (χ1v) is 23.4. The molecule has 0 saturated heterocycles. The smallest absolute Gasteiger partial charge is 0.407 e. The monoisotopic (exact) mass is 910 g/mol. The van der Waals surface area contributed by atoms with Crippen molar-refractivity contribution in [2.24, 2.45) is 0 Å². The van der Waals surface area contributed by atoms with Gasteiger partial charge in [-0.15, -0.1) is 0 Å². The second-order valence-corrected chi connectivity index (χ2v) is 14.6. The molecular weight excluding hydrogens is 831 g/mol. The van der Waals surface area contributed by atoms with Gasteiger partial charge in [0.15, 0.2) is 0 Å². The van der Waals surface area contributed by atoms with E-state index >= 15 is 0 Å². The van der Waals surface area contributed by atoms with Crippen molar-refractivity contribution in [2.75, 3.05) is 185 Å². The summed E-state index contributed by atoms with van der Waals surface area (Å²) in [6.07, 6.45) is 5.14. The van der Waals surface area contributed by atoms with Crippen LogP contribution >= 0.6 is 0 Å². The first kappa shape index (κ1) is 55.5. The van der Waals surface area contributed by atoms with Gasteiger partial charge in [-0.1, -0.05) is 74.7 Å². The highest BCUT2D eigenvalue weighted by Gasteiger charge is 2.29. The molecule has 0 heterocycles. The Balaban J connectivity index is 0.904.